The molecule has 0 spiro atoms. The fraction of sp³-hybridized carbons (Fsp3) is 0.417. The third-order valence-corrected chi connectivity index (χ3v) is 4.16. The topological polar surface area (TPSA) is 52.3 Å². The number of hydrogen-bond donors (Lipinski definition) is 1. The number of carbonyl (C=O) groups is 1. The Kier molecular flexibility index (Phi) is 5.79. The number of thioether (sulfide) groups is 1. The van der Waals surface area contributed by atoms with Gasteiger partial charge in [0.2, 0.25) is 0 Å². The first-order valence-corrected chi connectivity index (χ1v) is 7.06. The normalized spacial score (nSPS) is 14.1. The number of esters is 1. The van der Waals surface area contributed by atoms with Crippen LogP contribution < -0.4 is 5.73 Å². The minimum atomic E-state index is -0.979. The maximum Gasteiger partial charge on any atom is 0.325 e. The van der Waals surface area contributed by atoms with Crippen molar-refractivity contribution in [1.82, 2.24) is 0 Å². The molecule has 0 heterocycles. The molecule has 1 unspecified atom stereocenters. The van der Waals surface area contributed by atoms with Gasteiger partial charge in [-0.05, 0) is 31.5 Å². The molecule has 100 valence electrons. The number of ether oxygens (including phenoxy) is 1. The molecule has 0 amide bonds. The molecule has 0 radical (unpaired) electrons. The summed E-state index contributed by atoms with van der Waals surface area (Å²) in [4.78, 5) is 12.3. The predicted molar refractivity (Wildman–Crippen MR) is 76.4 cm³/mol. The summed E-state index contributed by atoms with van der Waals surface area (Å²) in [6, 6.07) is 5.27. The van der Waals surface area contributed by atoms with Crippen molar-refractivity contribution in [2.45, 2.75) is 23.8 Å². The van der Waals surface area contributed by atoms with E-state index in [0.29, 0.717) is 22.2 Å². The third-order valence-electron chi connectivity index (χ3n) is 2.42. The molecule has 0 aliphatic carbocycles. The second kappa shape index (κ2) is 6.66. The van der Waals surface area contributed by atoms with E-state index in [9.17, 15) is 4.79 Å². The predicted octanol–water partition coefficient (Wildman–Crippen LogP) is 3.37. The maximum atomic E-state index is 11.4. The van der Waals surface area contributed by atoms with Crippen molar-refractivity contribution in [2.24, 2.45) is 5.73 Å². The van der Waals surface area contributed by atoms with Crippen LogP contribution in [0.25, 0.3) is 0 Å². The summed E-state index contributed by atoms with van der Waals surface area (Å²) in [5.41, 5.74) is 4.88. The molecule has 0 fully saturated rings. The molecule has 1 aromatic carbocycles. The van der Waals surface area contributed by atoms with Gasteiger partial charge in [-0.3, -0.25) is 4.79 Å². The lowest BCUT2D eigenvalue weighted by Gasteiger charge is -2.20. The second-order valence-electron chi connectivity index (χ2n) is 4.08. The molecule has 1 atom stereocenters. The van der Waals surface area contributed by atoms with Crippen molar-refractivity contribution in [3.63, 3.8) is 0 Å². The third kappa shape index (κ3) is 4.35. The molecule has 2 N–H and O–H groups in total. The molecule has 0 saturated carbocycles. The van der Waals surface area contributed by atoms with E-state index in [4.69, 9.17) is 28.9 Å². The van der Waals surface area contributed by atoms with E-state index in [2.05, 4.69) is 4.74 Å². The summed E-state index contributed by atoms with van der Waals surface area (Å²) in [5, 5.41) is 1.27. The summed E-state index contributed by atoms with van der Waals surface area (Å²) < 4.78 is 4.64. The Morgan fingerprint density at radius 1 is 1.50 bits per heavy atom. The average Bonchev–Trinajstić information content (AvgIpc) is 2.32. The van der Waals surface area contributed by atoms with E-state index in [1.165, 1.54) is 18.9 Å². The van der Waals surface area contributed by atoms with Crippen molar-refractivity contribution in [2.75, 3.05) is 12.9 Å². The molecule has 0 aliphatic heterocycles. The number of methoxy groups -OCH3 is 1. The van der Waals surface area contributed by atoms with Gasteiger partial charge in [0.15, 0.2) is 0 Å². The highest BCUT2D eigenvalue weighted by Gasteiger charge is 2.28. The van der Waals surface area contributed by atoms with Crippen LogP contribution in [-0.4, -0.2) is 24.4 Å². The zero-order valence-corrected chi connectivity index (χ0v) is 12.5. The van der Waals surface area contributed by atoms with E-state index < -0.39 is 11.5 Å². The van der Waals surface area contributed by atoms with Crippen LogP contribution >= 0.6 is 35.0 Å². The lowest BCUT2D eigenvalue weighted by Crippen LogP contribution is -2.46. The molecule has 18 heavy (non-hydrogen) atoms. The molecular weight excluding hydrogens is 293 g/mol. The van der Waals surface area contributed by atoms with Crippen LogP contribution in [0.5, 0.6) is 0 Å². The fourth-order valence-electron chi connectivity index (χ4n) is 1.30. The van der Waals surface area contributed by atoms with Crippen molar-refractivity contribution in [3.8, 4) is 0 Å². The number of halogens is 2. The average molecular weight is 308 g/mol. The maximum absolute atomic E-state index is 11.4. The molecular formula is C12H15Cl2NO2S. The summed E-state index contributed by atoms with van der Waals surface area (Å²) in [6.45, 7) is 1.65. The van der Waals surface area contributed by atoms with Gasteiger partial charge < -0.3 is 10.5 Å². The minimum absolute atomic E-state index is 0.416. The zero-order valence-electron chi connectivity index (χ0n) is 10.2. The molecule has 0 bridgehead atoms. The van der Waals surface area contributed by atoms with E-state index in [0.717, 1.165) is 4.90 Å². The summed E-state index contributed by atoms with van der Waals surface area (Å²) in [6.07, 6.45) is 0.493. The Balaban J connectivity index is 2.56. The Bertz CT molecular complexity index is 438. The van der Waals surface area contributed by atoms with Gasteiger partial charge in [0.25, 0.3) is 0 Å². The van der Waals surface area contributed by atoms with Gasteiger partial charge in [0.05, 0.1) is 12.1 Å². The first kappa shape index (κ1) is 15.6. The Morgan fingerprint density at radius 3 is 2.78 bits per heavy atom. The summed E-state index contributed by atoms with van der Waals surface area (Å²) in [7, 11) is 1.33. The van der Waals surface area contributed by atoms with Gasteiger partial charge in [0.1, 0.15) is 5.54 Å². The number of carbonyl (C=O) groups excluding carboxylic acids is 1. The van der Waals surface area contributed by atoms with E-state index in [-0.39, 0.29) is 0 Å². The van der Waals surface area contributed by atoms with Crippen molar-refractivity contribution in [3.05, 3.63) is 28.2 Å². The Hall–Kier alpha value is -0.420. The standard InChI is InChI=1S/C12H15Cl2NO2S/c1-12(15,11(16)17-2)5-6-18-10-7-8(13)3-4-9(10)14/h3-4,7H,5-6,15H2,1-2H3. The number of rotatable bonds is 5. The second-order valence-corrected chi connectivity index (χ2v) is 6.06. The molecule has 6 heteroatoms. The van der Waals surface area contributed by atoms with Crippen LogP contribution in [0.2, 0.25) is 10.0 Å². The number of nitrogens with two attached hydrogens (primary N) is 1. The monoisotopic (exact) mass is 307 g/mol. The largest absolute Gasteiger partial charge is 0.468 e. The van der Waals surface area contributed by atoms with Gasteiger partial charge in [0, 0.05) is 15.7 Å². The molecule has 0 aliphatic rings. The molecule has 0 aromatic heterocycles. The van der Waals surface area contributed by atoms with Gasteiger partial charge in [-0.1, -0.05) is 23.2 Å². The van der Waals surface area contributed by atoms with Crippen molar-refractivity contribution < 1.29 is 9.53 Å². The quantitative estimate of drug-likeness (QED) is 0.669. The van der Waals surface area contributed by atoms with Gasteiger partial charge >= 0.3 is 5.97 Å². The lowest BCUT2D eigenvalue weighted by molar-refractivity contribution is -0.146. The zero-order chi connectivity index (χ0) is 13.8. The van der Waals surface area contributed by atoms with E-state index in [1.807, 2.05) is 0 Å². The van der Waals surface area contributed by atoms with Crippen LogP contribution in [0.15, 0.2) is 23.1 Å². The first-order chi connectivity index (χ1) is 8.36. The van der Waals surface area contributed by atoms with Crippen LogP contribution in [0.4, 0.5) is 0 Å². The molecule has 1 rings (SSSR count). The Labute approximate surface area is 121 Å². The van der Waals surface area contributed by atoms with Crippen LogP contribution in [0.3, 0.4) is 0 Å². The Morgan fingerprint density at radius 2 is 2.17 bits per heavy atom. The molecule has 3 nitrogen and oxygen atoms in total. The first-order valence-electron chi connectivity index (χ1n) is 5.32. The number of hydrogen-bond acceptors (Lipinski definition) is 4. The smallest absolute Gasteiger partial charge is 0.325 e. The number of benzene rings is 1. The van der Waals surface area contributed by atoms with Crippen LogP contribution in [-0.2, 0) is 9.53 Å². The van der Waals surface area contributed by atoms with Gasteiger partial charge in [-0.25, -0.2) is 0 Å². The van der Waals surface area contributed by atoms with Crippen molar-refractivity contribution >= 4 is 40.9 Å². The van der Waals surface area contributed by atoms with E-state index >= 15 is 0 Å². The van der Waals surface area contributed by atoms with Crippen LogP contribution in [0.1, 0.15) is 13.3 Å². The molecule has 0 saturated heterocycles. The molecule has 1 aromatic rings. The highest BCUT2D eigenvalue weighted by atomic mass is 35.5. The minimum Gasteiger partial charge on any atom is -0.468 e. The highest BCUT2D eigenvalue weighted by Crippen LogP contribution is 2.31. The van der Waals surface area contributed by atoms with Gasteiger partial charge in [-0.2, -0.15) is 0 Å². The van der Waals surface area contributed by atoms with Gasteiger partial charge in [-0.15, -0.1) is 11.8 Å². The lowest BCUT2D eigenvalue weighted by atomic mass is 10.0. The highest BCUT2D eigenvalue weighted by molar-refractivity contribution is 7.99. The SMILES string of the molecule is COC(=O)C(C)(N)CCSc1cc(Cl)ccc1Cl. The van der Waals surface area contributed by atoms with Crippen LogP contribution in [0, 0.1) is 0 Å². The summed E-state index contributed by atoms with van der Waals surface area (Å²) in [5.74, 6) is 0.239. The fourth-order valence-corrected chi connectivity index (χ4v) is 2.98. The summed E-state index contributed by atoms with van der Waals surface area (Å²) >= 11 is 13.4. The van der Waals surface area contributed by atoms with Crippen molar-refractivity contribution in [1.29, 1.82) is 0 Å². The van der Waals surface area contributed by atoms with E-state index in [1.54, 1.807) is 25.1 Å².